The Kier molecular flexibility index (Phi) is 3.20. The molecule has 3 aromatic rings. The van der Waals surface area contributed by atoms with E-state index in [0.29, 0.717) is 23.2 Å². The van der Waals surface area contributed by atoms with Gasteiger partial charge >= 0.3 is 0 Å². The normalized spacial score (nSPS) is 10.6. The lowest BCUT2D eigenvalue weighted by molar-refractivity contribution is 0.264. The van der Waals surface area contributed by atoms with Crippen LogP contribution in [0.15, 0.2) is 39.6 Å². The van der Waals surface area contributed by atoms with Gasteiger partial charge < -0.3 is 9.15 Å². The summed E-state index contributed by atoms with van der Waals surface area (Å²) in [5, 5.41) is 9.54. The van der Waals surface area contributed by atoms with Crippen LogP contribution in [0.4, 0.5) is 4.39 Å². The fraction of sp³-hybridized carbons (Fsp3) is 0.0833. The fourth-order valence-electron chi connectivity index (χ4n) is 1.41. The number of rotatable bonds is 4. The molecule has 0 aliphatic carbocycles. The van der Waals surface area contributed by atoms with Gasteiger partial charge in [0.15, 0.2) is 6.61 Å². The molecule has 7 heteroatoms. The Morgan fingerprint density at radius 3 is 2.79 bits per heavy atom. The Labute approximate surface area is 111 Å². The molecular weight excluding hydrogens is 269 g/mol. The average molecular weight is 277 g/mol. The highest BCUT2D eigenvalue weighted by molar-refractivity contribution is 7.07. The van der Waals surface area contributed by atoms with E-state index in [-0.39, 0.29) is 12.4 Å². The largest absolute Gasteiger partial charge is 0.484 e. The highest BCUT2D eigenvalue weighted by atomic mass is 32.1. The van der Waals surface area contributed by atoms with Gasteiger partial charge in [0.25, 0.3) is 11.8 Å². The van der Waals surface area contributed by atoms with Gasteiger partial charge in [-0.25, -0.2) is 9.37 Å². The molecule has 0 saturated heterocycles. The maximum Gasteiger partial charge on any atom is 0.267 e. The minimum atomic E-state index is -0.309. The number of thiazole rings is 1. The van der Waals surface area contributed by atoms with Crippen LogP contribution in [-0.4, -0.2) is 15.2 Å². The van der Waals surface area contributed by atoms with Crippen LogP contribution >= 0.6 is 11.3 Å². The minimum absolute atomic E-state index is 0.128. The summed E-state index contributed by atoms with van der Waals surface area (Å²) in [5.74, 6) is 0.928. The predicted octanol–water partition coefficient (Wildman–Crippen LogP) is 2.91. The van der Waals surface area contributed by atoms with Crippen molar-refractivity contribution in [3.8, 4) is 17.3 Å². The first-order valence-corrected chi connectivity index (χ1v) is 6.35. The van der Waals surface area contributed by atoms with E-state index in [9.17, 15) is 4.39 Å². The quantitative estimate of drug-likeness (QED) is 0.733. The first kappa shape index (κ1) is 11.8. The third-order valence-electron chi connectivity index (χ3n) is 2.29. The molecule has 0 radical (unpaired) electrons. The molecule has 3 rings (SSSR count). The standard InChI is InChI=1S/C12H8FN3O2S/c13-8-1-3-9(4-2-8)17-5-11-15-16-12(18-11)10-6-19-7-14-10/h1-4,6-7H,5H2. The molecule has 96 valence electrons. The van der Waals surface area contributed by atoms with Gasteiger partial charge in [0.2, 0.25) is 0 Å². The summed E-state index contributed by atoms with van der Waals surface area (Å²) in [6.07, 6.45) is 0. The van der Waals surface area contributed by atoms with Crippen molar-refractivity contribution in [2.24, 2.45) is 0 Å². The number of halogens is 1. The Morgan fingerprint density at radius 2 is 2.05 bits per heavy atom. The zero-order chi connectivity index (χ0) is 13.1. The molecule has 0 aliphatic heterocycles. The van der Waals surface area contributed by atoms with E-state index in [2.05, 4.69) is 15.2 Å². The number of benzene rings is 1. The van der Waals surface area contributed by atoms with Gasteiger partial charge in [-0.05, 0) is 24.3 Å². The summed E-state index contributed by atoms with van der Waals surface area (Å²) in [7, 11) is 0. The molecule has 0 spiro atoms. The van der Waals surface area contributed by atoms with Gasteiger partial charge in [-0.2, -0.15) is 0 Å². The second-order valence-electron chi connectivity index (χ2n) is 3.62. The van der Waals surface area contributed by atoms with Crippen molar-refractivity contribution < 1.29 is 13.5 Å². The number of ether oxygens (including phenoxy) is 1. The van der Waals surface area contributed by atoms with Gasteiger partial charge in [0.1, 0.15) is 17.3 Å². The molecule has 0 bridgehead atoms. The number of nitrogens with zero attached hydrogens (tertiary/aromatic N) is 3. The van der Waals surface area contributed by atoms with E-state index in [1.54, 1.807) is 5.51 Å². The summed E-state index contributed by atoms with van der Waals surface area (Å²) in [6.45, 7) is 0.128. The van der Waals surface area contributed by atoms with Crippen LogP contribution < -0.4 is 4.74 Å². The highest BCUT2D eigenvalue weighted by Crippen LogP contribution is 2.18. The van der Waals surface area contributed by atoms with Crippen molar-refractivity contribution in [1.29, 1.82) is 0 Å². The molecule has 2 heterocycles. The van der Waals surface area contributed by atoms with E-state index in [1.807, 2.05) is 5.38 Å². The Balaban J connectivity index is 1.66. The lowest BCUT2D eigenvalue weighted by atomic mass is 10.3. The monoisotopic (exact) mass is 277 g/mol. The van der Waals surface area contributed by atoms with Crippen molar-refractivity contribution in [3.05, 3.63) is 46.9 Å². The minimum Gasteiger partial charge on any atom is -0.484 e. The van der Waals surface area contributed by atoms with Crippen molar-refractivity contribution in [2.45, 2.75) is 6.61 Å². The average Bonchev–Trinajstić information content (AvgIpc) is 3.09. The molecule has 0 fully saturated rings. The fourth-order valence-corrected chi connectivity index (χ4v) is 1.94. The van der Waals surface area contributed by atoms with Crippen molar-refractivity contribution in [1.82, 2.24) is 15.2 Å². The van der Waals surface area contributed by atoms with Crippen LogP contribution in [0.2, 0.25) is 0 Å². The number of hydrogen-bond acceptors (Lipinski definition) is 6. The molecule has 1 aromatic carbocycles. The molecule has 2 aromatic heterocycles. The lowest BCUT2D eigenvalue weighted by Gasteiger charge is -2.01. The smallest absolute Gasteiger partial charge is 0.267 e. The molecule has 0 aliphatic rings. The maximum absolute atomic E-state index is 12.7. The van der Waals surface area contributed by atoms with Crippen LogP contribution in [0.5, 0.6) is 5.75 Å². The third-order valence-corrected chi connectivity index (χ3v) is 2.88. The van der Waals surface area contributed by atoms with Crippen LogP contribution in [0, 0.1) is 5.82 Å². The Hall–Kier alpha value is -2.28. The van der Waals surface area contributed by atoms with E-state index < -0.39 is 0 Å². The lowest BCUT2D eigenvalue weighted by Crippen LogP contribution is -1.95. The molecule has 19 heavy (non-hydrogen) atoms. The van der Waals surface area contributed by atoms with Crippen LogP contribution in [0.25, 0.3) is 11.6 Å². The Bertz CT molecular complexity index is 652. The van der Waals surface area contributed by atoms with E-state index in [4.69, 9.17) is 9.15 Å². The molecule has 0 saturated carbocycles. The summed E-state index contributed by atoms with van der Waals surface area (Å²) in [5.41, 5.74) is 2.33. The summed E-state index contributed by atoms with van der Waals surface area (Å²) < 4.78 is 23.5. The third kappa shape index (κ3) is 2.76. The highest BCUT2D eigenvalue weighted by Gasteiger charge is 2.10. The van der Waals surface area contributed by atoms with Crippen molar-refractivity contribution >= 4 is 11.3 Å². The van der Waals surface area contributed by atoms with Crippen LogP contribution in [0.3, 0.4) is 0 Å². The van der Waals surface area contributed by atoms with Gasteiger partial charge in [0, 0.05) is 5.38 Å². The maximum atomic E-state index is 12.7. The van der Waals surface area contributed by atoms with Gasteiger partial charge in [0.05, 0.1) is 5.51 Å². The topological polar surface area (TPSA) is 61.0 Å². The second kappa shape index (κ2) is 5.15. The van der Waals surface area contributed by atoms with E-state index in [1.165, 1.54) is 35.6 Å². The second-order valence-corrected chi connectivity index (χ2v) is 4.34. The van der Waals surface area contributed by atoms with Gasteiger partial charge in [-0.15, -0.1) is 21.5 Å². The summed E-state index contributed by atoms with van der Waals surface area (Å²) in [4.78, 5) is 4.07. The zero-order valence-corrected chi connectivity index (χ0v) is 10.4. The van der Waals surface area contributed by atoms with Gasteiger partial charge in [-0.3, -0.25) is 0 Å². The molecule has 0 amide bonds. The number of aromatic nitrogens is 3. The molecule has 0 atom stereocenters. The molecule has 0 N–H and O–H groups in total. The molecular formula is C12H8FN3O2S. The van der Waals surface area contributed by atoms with Crippen LogP contribution in [-0.2, 0) is 6.61 Å². The summed E-state index contributed by atoms with van der Waals surface area (Å²) in [6, 6.07) is 5.72. The van der Waals surface area contributed by atoms with Gasteiger partial charge in [-0.1, -0.05) is 0 Å². The van der Waals surface area contributed by atoms with E-state index in [0.717, 1.165) is 0 Å². The van der Waals surface area contributed by atoms with E-state index >= 15 is 0 Å². The zero-order valence-electron chi connectivity index (χ0n) is 9.62. The van der Waals surface area contributed by atoms with Crippen LogP contribution in [0.1, 0.15) is 5.89 Å². The molecule has 0 unspecified atom stereocenters. The van der Waals surface area contributed by atoms with Crippen molar-refractivity contribution in [2.75, 3.05) is 0 Å². The number of hydrogen-bond donors (Lipinski definition) is 0. The molecule has 5 nitrogen and oxygen atoms in total. The summed E-state index contributed by atoms with van der Waals surface area (Å²) >= 11 is 1.45. The van der Waals surface area contributed by atoms with Crippen molar-refractivity contribution in [3.63, 3.8) is 0 Å². The first-order valence-electron chi connectivity index (χ1n) is 5.40. The Morgan fingerprint density at radius 1 is 1.21 bits per heavy atom. The predicted molar refractivity (Wildman–Crippen MR) is 66.1 cm³/mol. The SMILES string of the molecule is Fc1ccc(OCc2nnc(-c3cscn3)o2)cc1. The first-order chi connectivity index (χ1) is 9.31.